The van der Waals surface area contributed by atoms with Crippen LogP contribution < -0.4 is 14.4 Å². The minimum Gasteiger partial charge on any atom is -0.496 e. The van der Waals surface area contributed by atoms with Crippen LogP contribution in [-0.4, -0.2) is 51.1 Å². The van der Waals surface area contributed by atoms with Gasteiger partial charge in [-0.1, -0.05) is 24.3 Å². The first kappa shape index (κ1) is 19.7. The van der Waals surface area contributed by atoms with E-state index >= 15 is 0 Å². The summed E-state index contributed by atoms with van der Waals surface area (Å²) < 4.78 is 10.7. The summed E-state index contributed by atoms with van der Waals surface area (Å²) in [6.45, 7) is 1.05. The summed E-state index contributed by atoms with van der Waals surface area (Å²) in [7, 11) is 4.88. The number of hydrogen-bond acceptors (Lipinski definition) is 4. The molecule has 2 aromatic carbocycles. The monoisotopic (exact) mass is 382 g/mol. The highest BCUT2D eigenvalue weighted by atomic mass is 16.5. The molecule has 2 amide bonds. The Labute approximate surface area is 165 Å². The van der Waals surface area contributed by atoms with Crippen LogP contribution in [0.5, 0.6) is 11.5 Å². The van der Waals surface area contributed by atoms with E-state index in [9.17, 15) is 9.59 Å². The Morgan fingerprint density at radius 2 is 1.50 bits per heavy atom. The molecule has 1 aliphatic rings. The highest BCUT2D eigenvalue weighted by molar-refractivity contribution is 6.00. The third-order valence-electron chi connectivity index (χ3n) is 5.25. The molecule has 148 valence electrons. The normalized spacial score (nSPS) is 14.5. The topological polar surface area (TPSA) is 59.1 Å². The summed E-state index contributed by atoms with van der Waals surface area (Å²) in [4.78, 5) is 29.4. The van der Waals surface area contributed by atoms with Gasteiger partial charge in [0, 0.05) is 31.7 Å². The molecule has 0 N–H and O–H groups in total. The van der Waals surface area contributed by atoms with E-state index in [2.05, 4.69) is 0 Å². The first-order chi connectivity index (χ1) is 13.6. The number of benzene rings is 2. The van der Waals surface area contributed by atoms with Gasteiger partial charge in [-0.05, 0) is 37.1 Å². The van der Waals surface area contributed by atoms with Crippen LogP contribution in [0.3, 0.4) is 0 Å². The van der Waals surface area contributed by atoms with Crippen molar-refractivity contribution in [2.45, 2.75) is 12.8 Å². The molecular weight excluding hydrogens is 356 g/mol. The number of methoxy groups -OCH3 is 2. The van der Waals surface area contributed by atoms with Gasteiger partial charge in [-0.25, -0.2) is 0 Å². The summed E-state index contributed by atoms with van der Waals surface area (Å²) in [6.07, 6.45) is 1.28. The number of amides is 2. The Morgan fingerprint density at radius 3 is 2.04 bits per heavy atom. The van der Waals surface area contributed by atoms with Gasteiger partial charge >= 0.3 is 0 Å². The number of rotatable bonds is 5. The lowest BCUT2D eigenvalue weighted by Gasteiger charge is -2.33. The first-order valence-electron chi connectivity index (χ1n) is 9.39. The van der Waals surface area contributed by atoms with Crippen LogP contribution in [0.4, 0.5) is 5.69 Å². The molecule has 0 atom stereocenters. The van der Waals surface area contributed by atoms with Crippen molar-refractivity contribution in [2.75, 3.05) is 39.3 Å². The van der Waals surface area contributed by atoms with E-state index in [1.54, 1.807) is 35.0 Å². The standard InChI is InChI=1S/C22H26N2O4/c1-23(17-8-5-4-6-9-17)21(25)16-12-14-24(15-13-16)22(26)20-18(27-2)10-7-11-19(20)28-3/h4-11,16H,12-15H2,1-3H3. The molecule has 0 radical (unpaired) electrons. The van der Waals surface area contributed by atoms with Crippen molar-refractivity contribution < 1.29 is 19.1 Å². The average Bonchev–Trinajstić information content (AvgIpc) is 2.77. The van der Waals surface area contributed by atoms with E-state index in [0.29, 0.717) is 43.0 Å². The van der Waals surface area contributed by atoms with Crippen molar-refractivity contribution in [2.24, 2.45) is 5.92 Å². The quantitative estimate of drug-likeness (QED) is 0.797. The lowest BCUT2D eigenvalue weighted by atomic mass is 9.94. The molecule has 2 aromatic rings. The Hall–Kier alpha value is -3.02. The largest absolute Gasteiger partial charge is 0.496 e. The molecule has 0 bridgehead atoms. The molecule has 0 aromatic heterocycles. The van der Waals surface area contributed by atoms with Crippen LogP contribution in [0.2, 0.25) is 0 Å². The number of para-hydroxylation sites is 1. The number of nitrogens with zero attached hydrogens (tertiary/aromatic N) is 2. The summed E-state index contributed by atoms with van der Waals surface area (Å²) in [5, 5.41) is 0. The van der Waals surface area contributed by atoms with Crippen LogP contribution >= 0.6 is 0 Å². The second-order valence-corrected chi connectivity index (χ2v) is 6.84. The minimum atomic E-state index is -0.128. The second kappa shape index (κ2) is 8.78. The van der Waals surface area contributed by atoms with Crippen LogP contribution in [0.1, 0.15) is 23.2 Å². The Balaban J connectivity index is 1.67. The molecule has 0 saturated carbocycles. The minimum absolute atomic E-state index is 0.0891. The lowest BCUT2D eigenvalue weighted by molar-refractivity contribution is -0.123. The number of likely N-dealkylation sites (tertiary alicyclic amines) is 1. The predicted octanol–water partition coefficient (Wildman–Crippen LogP) is 3.22. The van der Waals surface area contributed by atoms with E-state index in [0.717, 1.165) is 5.69 Å². The van der Waals surface area contributed by atoms with Gasteiger partial charge in [0.15, 0.2) is 0 Å². The van der Waals surface area contributed by atoms with Gasteiger partial charge in [-0.3, -0.25) is 9.59 Å². The molecule has 1 fully saturated rings. The molecule has 0 unspecified atom stereocenters. The van der Waals surface area contributed by atoms with Crippen molar-refractivity contribution >= 4 is 17.5 Å². The maximum atomic E-state index is 13.1. The summed E-state index contributed by atoms with van der Waals surface area (Å²) >= 11 is 0. The fourth-order valence-corrected chi connectivity index (χ4v) is 3.60. The van der Waals surface area contributed by atoms with Crippen molar-refractivity contribution in [3.63, 3.8) is 0 Å². The fourth-order valence-electron chi connectivity index (χ4n) is 3.60. The number of hydrogen-bond donors (Lipinski definition) is 0. The average molecular weight is 382 g/mol. The summed E-state index contributed by atoms with van der Waals surface area (Å²) in [6, 6.07) is 14.9. The van der Waals surface area contributed by atoms with Crippen molar-refractivity contribution in [3.8, 4) is 11.5 Å². The lowest BCUT2D eigenvalue weighted by Crippen LogP contribution is -2.43. The van der Waals surface area contributed by atoms with Crippen molar-refractivity contribution in [3.05, 3.63) is 54.1 Å². The third-order valence-corrected chi connectivity index (χ3v) is 5.25. The van der Waals surface area contributed by atoms with E-state index in [1.807, 2.05) is 30.3 Å². The molecule has 1 heterocycles. The summed E-state index contributed by atoms with van der Waals surface area (Å²) in [5.74, 6) is 0.858. The van der Waals surface area contributed by atoms with E-state index < -0.39 is 0 Å². The zero-order chi connectivity index (χ0) is 20.1. The molecule has 0 aliphatic carbocycles. The van der Waals surface area contributed by atoms with E-state index in [-0.39, 0.29) is 17.7 Å². The zero-order valence-electron chi connectivity index (χ0n) is 16.6. The van der Waals surface area contributed by atoms with Crippen LogP contribution in [-0.2, 0) is 4.79 Å². The number of piperidine rings is 1. The maximum Gasteiger partial charge on any atom is 0.261 e. The molecule has 3 rings (SSSR count). The Morgan fingerprint density at radius 1 is 0.929 bits per heavy atom. The van der Waals surface area contributed by atoms with Crippen LogP contribution in [0.15, 0.2) is 48.5 Å². The highest BCUT2D eigenvalue weighted by Gasteiger charge is 2.31. The van der Waals surface area contributed by atoms with Gasteiger partial charge in [-0.2, -0.15) is 0 Å². The van der Waals surface area contributed by atoms with Crippen LogP contribution in [0.25, 0.3) is 0 Å². The van der Waals surface area contributed by atoms with Gasteiger partial charge in [0.05, 0.1) is 14.2 Å². The fraction of sp³-hybridized carbons (Fsp3) is 0.364. The van der Waals surface area contributed by atoms with Crippen molar-refractivity contribution in [1.29, 1.82) is 0 Å². The third kappa shape index (κ3) is 3.96. The number of anilines is 1. The molecule has 1 saturated heterocycles. The zero-order valence-corrected chi connectivity index (χ0v) is 16.6. The molecule has 28 heavy (non-hydrogen) atoms. The molecule has 0 spiro atoms. The Kier molecular flexibility index (Phi) is 6.19. The molecule has 6 heteroatoms. The molecule has 6 nitrogen and oxygen atoms in total. The van der Waals surface area contributed by atoms with Gasteiger partial charge in [0.1, 0.15) is 17.1 Å². The van der Waals surface area contributed by atoms with E-state index in [1.165, 1.54) is 14.2 Å². The highest BCUT2D eigenvalue weighted by Crippen LogP contribution is 2.31. The number of carbonyl (C=O) groups excluding carboxylic acids is 2. The smallest absolute Gasteiger partial charge is 0.261 e. The second-order valence-electron chi connectivity index (χ2n) is 6.84. The molecule has 1 aliphatic heterocycles. The van der Waals surface area contributed by atoms with Gasteiger partial charge in [0.2, 0.25) is 5.91 Å². The van der Waals surface area contributed by atoms with E-state index in [4.69, 9.17) is 9.47 Å². The number of ether oxygens (including phenoxy) is 2. The SMILES string of the molecule is COc1cccc(OC)c1C(=O)N1CCC(C(=O)N(C)c2ccccc2)CC1. The van der Waals surface area contributed by atoms with Gasteiger partial charge < -0.3 is 19.3 Å². The predicted molar refractivity (Wildman–Crippen MR) is 108 cm³/mol. The summed E-state index contributed by atoms with van der Waals surface area (Å²) in [5.41, 5.74) is 1.31. The maximum absolute atomic E-state index is 13.1. The van der Waals surface area contributed by atoms with Gasteiger partial charge in [0.25, 0.3) is 5.91 Å². The number of carbonyl (C=O) groups is 2. The Bertz CT molecular complexity index is 807. The van der Waals surface area contributed by atoms with Crippen LogP contribution in [0, 0.1) is 5.92 Å². The molecular formula is C22H26N2O4. The van der Waals surface area contributed by atoms with Gasteiger partial charge in [-0.15, -0.1) is 0 Å². The first-order valence-corrected chi connectivity index (χ1v) is 9.39. The van der Waals surface area contributed by atoms with Crippen molar-refractivity contribution in [1.82, 2.24) is 4.90 Å².